The number of benzene rings is 1. The molecular weight excluding hydrogens is 192 g/mol. The molecule has 15 heavy (non-hydrogen) atoms. The third-order valence-electron chi connectivity index (χ3n) is 2.56. The Kier molecular flexibility index (Phi) is 2.70. The third kappa shape index (κ3) is 2.00. The summed E-state index contributed by atoms with van der Waals surface area (Å²) in [5, 5.41) is 8.99. The van der Waals surface area contributed by atoms with Crippen LogP contribution in [0.15, 0.2) is 24.3 Å². The van der Waals surface area contributed by atoms with Gasteiger partial charge < -0.3 is 15.7 Å². The lowest BCUT2D eigenvalue weighted by Crippen LogP contribution is -2.27. The van der Waals surface area contributed by atoms with Gasteiger partial charge in [0.1, 0.15) is 0 Å². The fourth-order valence-corrected chi connectivity index (χ4v) is 1.81. The van der Waals surface area contributed by atoms with Crippen LogP contribution in [0.3, 0.4) is 0 Å². The van der Waals surface area contributed by atoms with Crippen molar-refractivity contribution in [3.05, 3.63) is 29.8 Å². The fraction of sp³-hybridized carbons (Fsp3) is 0.364. The van der Waals surface area contributed by atoms with Gasteiger partial charge >= 0.3 is 0 Å². The molecule has 4 heteroatoms. The third-order valence-corrected chi connectivity index (χ3v) is 2.56. The predicted octanol–water partition coefficient (Wildman–Crippen LogP) is 0.243. The van der Waals surface area contributed by atoms with Crippen molar-refractivity contribution in [2.75, 3.05) is 11.4 Å². The van der Waals surface area contributed by atoms with Crippen LogP contribution in [0.5, 0.6) is 0 Å². The Morgan fingerprint density at radius 2 is 2.33 bits per heavy atom. The van der Waals surface area contributed by atoms with E-state index in [1.807, 2.05) is 24.3 Å². The first-order chi connectivity index (χ1) is 7.20. The highest BCUT2D eigenvalue weighted by Crippen LogP contribution is 2.21. The molecule has 0 aromatic heterocycles. The molecule has 0 saturated carbocycles. The van der Waals surface area contributed by atoms with Gasteiger partial charge in [0, 0.05) is 24.7 Å². The Morgan fingerprint density at radius 1 is 1.53 bits per heavy atom. The van der Waals surface area contributed by atoms with E-state index in [9.17, 15) is 4.79 Å². The summed E-state index contributed by atoms with van der Waals surface area (Å²) in [6, 6.07) is 7.25. The summed E-state index contributed by atoms with van der Waals surface area (Å²) in [6.07, 6.45) is 0.406. The molecule has 80 valence electrons. The summed E-state index contributed by atoms with van der Waals surface area (Å²) in [4.78, 5) is 13.2. The summed E-state index contributed by atoms with van der Waals surface area (Å²) in [5.74, 6) is 0.0533. The van der Waals surface area contributed by atoms with Crippen molar-refractivity contribution in [3.63, 3.8) is 0 Å². The van der Waals surface area contributed by atoms with Crippen LogP contribution in [-0.4, -0.2) is 23.6 Å². The van der Waals surface area contributed by atoms with Crippen LogP contribution < -0.4 is 10.6 Å². The van der Waals surface area contributed by atoms with Gasteiger partial charge in [0.25, 0.3) is 0 Å². The van der Waals surface area contributed by atoms with Gasteiger partial charge in [0.05, 0.1) is 6.61 Å². The van der Waals surface area contributed by atoms with Crippen molar-refractivity contribution >= 4 is 11.6 Å². The Balaban J connectivity index is 2.25. The van der Waals surface area contributed by atoms with E-state index in [1.165, 1.54) is 0 Å². The Labute approximate surface area is 88.3 Å². The van der Waals surface area contributed by atoms with E-state index < -0.39 is 0 Å². The smallest absolute Gasteiger partial charge is 0.228 e. The summed E-state index contributed by atoms with van der Waals surface area (Å²) in [5.41, 5.74) is 7.34. The largest absolute Gasteiger partial charge is 0.392 e. The molecule has 1 unspecified atom stereocenters. The first-order valence-electron chi connectivity index (χ1n) is 4.96. The second-order valence-electron chi connectivity index (χ2n) is 3.80. The highest BCUT2D eigenvalue weighted by Gasteiger charge is 2.27. The predicted molar refractivity (Wildman–Crippen MR) is 57.3 cm³/mol. The number of hydrogen-bond acceptors (Lipinski definition) is 3. The van der Waals surface area contributed by atoms with Gasteiger partial charge in [0.2, 0.25) is 5.91 Å². The number of carbonyl (C=O) groups excluding carboxylic acids is 1. The summed E-state index contributed by atoms with van der Waals surface area (Å²) in [6.45, 7) is 0.551. The van der Waals surface area contributed by atoms with Crippen LogP contribution in [0.4, 0.5) is 5.69 Å². The Morgan fingerprint density at radius 3 is 2.93 bits per heavy atom. The van der Waals surface area contributed by atoms with Crippen LogP contribution in [0.25, 0.3) is 0 Å². The quantitative estimate of drug-likeness (QED) is 0.728. The first-order valence-corrected chi connectivity index (χ1v) is 4.96. The molecule has 4 nitrogen and oxygen atoms in total. The maximum Gasteiger partial charge on any atom is 0.228 e. The van der Waals surface area contributed by atoms with E-state index in [-0.39, 0.29) is 18.6 Å². The average Bonchev–Trinajstić information content (AvgIpc) is 2.58. The van der Waals surface area contributed by atoms with Gasteiger partial charge in [-0.25, -0.2) is 0 Å². The molecule has 0 aliphatic carbocycles. The molecule has 1 aromatic rings. The lowest BCUT2D eigenvalue weighted by molar-refractivity contribution is -0.117. The molecule has 2 rings (SSSR count). The highest BCUT2D eigenvalue weighted by atomic mass is 16.3. The van der Waals surface area contributed by atoms with Crippen molar-refractivity contribution in [2.24, 2.45) is 5.73 Å². The molecule has 1 aromatic carbocycles. The molecule has 1 aliphatic heterocycles. The molecule has 1 heterocycles. The van der Waals surface area contributed by atoms with Gasteiger partial charge in [-0.15, -0.1) is 0 Å². The van der Waals surface area contributed by atoms with Crippen LogP contribution in [0.1, 0.15) is 12.0 Å². The molecule has 0 bridgehead atoms. The molecule has 1 saturated heterocycles. The van der Waals surface area contributed by atoms with E-state index in [0.717, 1.165) is 11.3 Å². The summed E-state index contributed by atoms with van der Waals surface area (Å²) < 4.78 is 0. The zero-order valence-electron chi connectivity index (χ0n) is 8.39. The van der Waals surface area contributed by atoms with E-state index >= 15 is 0 Å². The maximum atomic E-state index is 11.6. The maximum absolute atomic E-state index is 11.6. The Bertz CT molecular complexity index is 379. The van der Waals surface area contributed by atoms with Crippen LogP contribution >= 0.6 is 0 Å². The normalized spacial score (nSPS) is 21.1. The number of aliphatic hydroxyl groups excluding tert-OH is 1. The molecule has 1 amide bonds. The molecule has 3 N–H and O–H groups in total. The summed E-state index contributed by atoms with van der Waals surface area (Å²) >= 11 is 0. The van der Waals surface area contributed by atoms with Crippen molar-refractivity contribution in [3.8, 4) is 0 Å². The topological polar surface area (TPSA) is 66.6 Å². The average molecular weight is 206 g/mol. The molecular formula is C11H14N2O2. The van der Waals surface area contributed by atoms with Gasteiger partial charge in [-0.1, -0.05) is 12.1 Å². The standard InChI is InChI=1S/C11H14N2O2/c12-9-5-11(15)13(6-9)10-3-1-2-8(4-10)7-14/h1-4,9,14H,5-7,12H2. The minimum atomic E-state index is -0.0738. The molecule has 0 radical (unpaired) electrons. The summed E-state index contributed by atoms with van der Waals surface area (Å²) in [7, 11) is 0. The number of nitrogens with two attached hydrogens (primary N) is 1. The van der Waals surface area contributed by atoms with Gasteiger partial charge in [-0.2, -0.15) is 0 Å². The zero-order chi connectivity index (χ0) is 10.8. The van der Waals surface area contributed by atoms with E-state index in [0.29, 0.717) is 13.0 Å². The highest BCUT2D eigenvalue weighted by molar-refractivity contribution is 5.96. The van der Waals surface area contributed by atoms with Crippen molar-refractivity contribution in [2.45, 2.75) is 19.1 Å². The lowest BCUT2D eigenvalue weighted by Gasteiger charge is -2.16. The first kappa shape index (κ1) is 10.1. The van der Waals surface area contributed by atoms with Crippen LogP contribution in [0.2, 0.25) is 0 Å². The van der Waals surface area contributed by atoms with Gasteiger partial charge in [-0.3, -0.25) is 4.79 Å². The number of amides is 1. The van der Waals surface area contributed by atoms with E-state index in [2.05, 4.69) is 0 Å². The second kappa shape index (κ2) is 4.00. The number of hydrogen-bond donors (Lipinski definition) is 2. The van der Waals surface area contributed by atoms with Crippen molar-refractivity contribution in [1.82, 2.24) is 0 Å². The number of rotatable bonds is 2. The number of aliphatic hydroxyl groups is 1. The minimum absolute atomic E-state index is 0.0120. The van der Waals surface area contributed by atoms with Gasteiger partial charge in [-0.05, 0) is 17.7 Å². The van der Waals surface area contributed by atoms with E-state index in [1.54, 1.807) is 4.90 Å². The number of carbonyl (C=O) groups is 1. The second-order valence-corrected chi connectivity index (χ2v) is 3.80. The molecule has 1 fully saturated rings. The molecule has 1 atom stereocenters. The lowest BCUT2D eigenvalue weighted by atomic mass is 10.2. The number of nitrogens with zero attached hydrogens (tertiary/aromatic N) is 1. The monoisotopic (exact) mass is 206 g/mol. The molecule has 0 spiro atoms. The van der Waals surface area contributed by atoms with Crippen LogP contribution in [-0.2, 0) is 11.4 Å². The van der Waals surface area contributed by atoms with Gasteiger partial charge in [0.15, 0.2) is 0 Å². The SMILES string of the molecule is NC1CC(=O)N(c2cccc(CO)c2)C1. The van der Waals surface area contributed by atoms with Crippen molar-refractivity contribution < 1.29 is 9.90 Å². The Hall–Kier alpha value is -1.39. The number of anilines is 1. The van der Waals surface area contributed by atoms with Crippen molar-refractivity contribution in [1.29, 1.82) is 0 Å². The zero-order valence-corrected chi connectivity index (χ0v) is 8.39. The molecule has 1 aliphatic rings. The fourth-order valence-electron chi connectivity index (χ4n) is 1.81. The minimum Gasteiger partial charge on any atom is -0.392 e. The van der Waals surface area contributed by atoms with Crippen LogP contribution in [0, 0.1) is 0 Å². The van der Waals surface area contributed by atoms with E-state index in [4.69, 9.17) is 10.8 Å².